The quantitative estimate of drug-likeness (QED) is 0.235. The maximum atomic E-state index is 13.5. The smallest absolute Gasteiger partial charge is 0.328 e. The van der Waals surface area contributed by atoms with Crippen LogP contribution >= 0.6 is 0 Å². The number of carbonyl (C=O) groups excluding carboxylic acids is 2. The third kappa shape index (κ3) is 6.65. The first-order chi connectivity index (χ1) is 20.0. The zero-order valence-electron chi connectivity index (χ0n) is 23.7. The number of amides is 2. The van der Waals surface area contributed by atoms with Gasteiger partial charge in [0.15, 0.2) is 0 Å². The van der Waals surface area contributed by atoms with E-state index >= 15 is 0 Å². The molecule has 0 radical (unpaired) electrons. The number of methoxy groups -OCH3 is 4. The summed E-state index contributed by atoms with van der Waals surface area (Å²) in [7, 11) is 6.21. The van der Waals surface area contributed by atoms with E-state index in [0.29, 0.717) is 73.5 Å². The molecule has 0 saturated carbocycles. The zero-order valence-corrected chi connectivity index (χ0v) is 23.7. The molecule has 0 aromatic carbocycles. The van der Waals surface area contributed by atoms with Gasteiger partial charge in [-0.2, -0.15) is 5.26 Å². The highest BCUT2D eigenvalue weighted by atomic mass is 16.7. The third-order valence-corrected chi connectivity index (χ3v) is 7.11. The Kier molecular flexibility index (Phi) is 10.2. The largest absolute Gasteiger partial charge is 0.383 e. The Morgan fingerprint density at radius 2 is 2.02 bits per heavy atom. The predicted molar refractivity (Wildman–Crippen MR) is 150 cm³/mol. The van der Waals surface area contributed by atoms with Crippen molar-refractivity contribution in [3.05, 3.63) is 46.4 Å². The molecule has 4 heterocycles. The van der Waals surface area contributed by atoms with Gasteiger partial charge in [-0.3, -0.25) is 10.2 Å². The summed E-state index contributed by atoms with van der Waals surface area (Å²) >= 11 is 0. The van der Waals surface area contributed by atoms with Crippen LogP contribution in [0, 0.1) is 11.3 Å². The summed E-state index contributed by atoms with van der Waals surface area (Å²) in [5, 5.41) is 15.4. The van der Waals surface area contributed by atoms with E-state index in [0.717, 1.165) is 24.0 Å². The van der Waals surface area contributed by atoms with Crippen LogP contribution in [0.4, 0.5) is 22.1 Å². The highest BCUT2D eigenvalue weighted by molar-refractivity contribution is 6.01. The molecular formula is C28H35N7O6. The minimum atomic E-state index is -0.785. The number of fused-ring (bicyclic) bond motifs is 1. The van der Waals surface area contributed by atoms with E-state index in [4.69, 9.17) is 23.9 Å². The second-order valence-electron chi connectivity index (χ2n) is 9.57. The number of nitriles is 1. The predicted octanol–water partition coefficient (Wildman–Crippen LogP) is 2.62. The highest BCUT2D eigenvalue weighted by Crippen LogP contribution is 2.34. The normalized spacial score (nSPS) is 16.4. The molecule has 41 heavy (non-hydrogen) atoms. The molecule has 0 spiro atoms. The average molecular weight is 566 g/mol. The molecule has 13 nitrogen and oxygen atoms in total. The number of aromatic nitrogens is 2. The number of hydrogen-bond acceptors (Lipinski definition) is 11. The summed E-state index contributed by atoms with van der Waals surface area (Å²) in [5.41, 5.74) is 3.60. The molecule has 1 saturated heterocycles. The fraction of sp³-hybridized carbons (Fsp3) is 0.500. The number of pyridine rings is 2. The van der Waals surface area contributed by atoms with Crippen LogP contribution in [0.25, 0.3) is 0 Å². The molecule has 2 N–H and O–H groups in total. The molecule has 2 amide bonds. The topological polar surface area (TPSA) is 151 Å². The molecule has 2 aromatic rings. The van der Waals surface area contributed by atoms with E-state index in [2.05, 4.69) is 21.7 Å². The molecule has 218 valence electrons. The molecule has 1 fully saturated rings. The van der Waals surface area contributed by atoms with Gasteiger partial charge < -0.3 is 29.2 Å². The SMILES string of the molecule is COCCNc1cc(NC(=O)N2CCCc3cc(CN4CC[C@@H](OC)C4=C=O)c(C(OC)OC)nc32)ncc1C#N. The van der Waals surface area contributed by atoms with Gasteiger partial charge >= 0.3 is 6.03 Å². The van der Waals surface area contributed by atoms with Crippen molar-refractivity contribution < 1.29 is 28.5 Å². The number of ether oxygens (including phenoxy) is 4. The van der Waals surface area contributed by atoms with Crippen LogP contribution in [0.3, 0.4) is 0 Å². The van der Waals surface area contributed by atoms with Crippen LogP contribution in [0.2, 0.25) is 0 Å². The molecular weight excluding hydrogens is 530 g/mol. The van der Waals surface area contributed by atoms with E-state index in [1.807, 2.05) is 16.9 Å². The maximum Gasteiger partial charge on any atom is 0.328 e. The fourth-order valence-corrected chi connectivity index (χ4v) is 5.09. The van der Waals surface area contributed by atoms with Gasteiger partial charge in [-0.25, -0.2) is 19.6 Å². The second-order valence-corrected chi connectivity index (χ2v) is 9.57. The standard InChI is InChI=1S/C28H35N7O6/c1-38-11-8-30-21-13-24(31-15-20(21)14-29)32-28(37)35-9-5-6-18-12-19(25(33-26(18)35)27(40-3)41-4)16-34-10-7-23(39-2)22(34)17-36/h12-13,15,23,27H,5-11,16H2,1-4H3,(H2,30,31,32,37)/t23-/m1/s1. The lowest BCUT2D eigenvalue weighted by atomic mass is 10.0. The minimum absolute atomic E-state index is 0.291. The van der Waals surface area contributed by atoms with Gasteiger partial charge in [0.2, 0.25) is 6.29 Å². The van der Waals surface area contributed by atoms with Crippen LogP contribution in [-0.2, 0) is 36.7 Å². The Morgan fingerprint density at radius 3 is 2.71 bits per heavy atom. The summed E-state index contributed by atoms with van der Waals surface area (Å²) in [6.07, 6.45) is 2.48. The molecule has 2 aliphatic heterocycles. The van der Waals surface area contributed by atoms with Crippen molar-refractivity contribution in [3.8, 4) is 6.07 Å². The number of nitrogens with zero attached hydrogens (tertiary/aromatic N) is 5. The number of rotatable bonds is 11. The zero-order chi connectivity index (χ0) is 29.4. The number of urea groups is 1. The van der Waals surface area contributed by atoms with Crippen LogP contribution in [-0.4, -0.2) is 87.6 Å². The number of hydrogen-bond donors (Lipinski definition) is 2. The maximum absolute atomic E-state index is 13.5. The molecule has 2 aromatic heterocycles. The first kappa shape index (κ1) is 29.9. The lowest BCUT2D eigenvalue weighted by Gasteiger charge is -2.31. The Bertz CT molecular complexity index is 1340. The van der Waals surface area contributed by atoms with Gasteiger partial charge in [0.1, 0.15) is 41.1 Å². The first-order valence-electron chi connectivity index (χ1n) is 13.3. The number of anilines is 3. The van der Waals surface area contributed by atoms with Gasteiger partial charge in [0, 0.05) is 66.9 Å². The summed E-state index contributed by atoms with van der Waals surface area (Å²) in [5.74, 6) is 2.83. The summed E-state index contributed by atoms with van der Waals surface area (Å²) in [6, 6.07) is 5.31. The molecule has 2 aliphatic rings. The summed E-state index contributed by atoms with van der Waals surface area (Å²) in [4.78, 5) is 37.8. The van der Waals surface area contributed by atoms with E-state index < -0.39 is 12.3 Å². The van der Waals surface area contributed by atoms with Gasteiger partial charge in [-0.1, -0.05) is 0 Å². The van der Waals surface area contributed by atoms with Crippen LogP contribution in [0.15, 0.2) is 24.0 Å². The monoisotopic (exact) mass is 565 g/mol. The number of likely N-dealkylation sites (tertiary alicyclic amines) is 1. The molecule has 1 atom stereocenters. The summed E-state index contributed by atoms with van der Waals surface area (Å²) < 4.78 is 21.6. The van der Waals surface area contributed by atoms with Crippen LogP contribution in [0.5, 0.6) is 0 Å². The first-order valence-corrected chi connectivity index (χ1v) is 13.3. The Hall–Kier alpha value is -4.05. The Morgan fingerprint density at radius 1 is 1.22 bits per heavy atom. The van der Waals surface area contributed by atoms with Crippen molar-refractivity contribution in [2.45, 2.75) is 38.2 Å². The summed E-state index contributed by atoms with van der Waals surface area (Å²) in [6.45, 7) is 2.42. The van der Waals surface area contributed by atoms with Crippen molar-refractivity contribution in [3.63, 3.8) is 0 Å². The lowest BCUT2D eigenvalue weighted by molar-refractivity contribution is -0.109. The van der Waals surface area contributed by atoms with Gasteiger partial charge in [0.25, 0.3) is 0 Å². The molecule has 0 unspecified atom stereocenters. The van der Waals surface area contributed by atoms with E-state index in [1.165, 1.54) is 20.4 Å². The number of nitrogens with one attached hydrogen (secondary N) is 2. The fourth-order valence-electron chi connectivity index (χ4n) is 5.09. The minimum Gasteiger partial charge on any atom is -0.383 e. The van der Waals surface area contributed by atoms with E-state index in [9.17, 15) is 14.9 Å². The molecule has 0 aliphatic carbocycles. The lowest BCUT2D eigenvalue weighted by Crippen LogP contribution is -2.40. The Balaban J connectivity index is 1.62. The molecule has 4 rings (SSSR count). The van der Waals surface area contributed by atoms with Crippen molar-refractivity contribution in [2.24, 2.45) is 0 Å². The van der Waals surface area contributed by atoms with Crippen molar-refractivity contribution in [1.82, 2.24) is 14.9 Å². The molecule has 13 heteroatoms. The van der Waals surface area contributed by atoms with Gasteiger partial charge in [-0.05, 0) is 36.5 Å². The van der Waals surface area contributed by atoms with Crippen molar-refractivity contribution in [1.29, 1.82) is 5.26 Å². The average Bonchev–Trinajstić information content (AvgIpc) is 3.39. The van der Waals surface area contributed by atoms with Gasteiger partial charge in [0.05, 0.1) is 17.9 Å². The van der Waals surface area contributed by atoms with Gasteiger partial charge in [-0.15, -0.1) is 0 Å². The number of carbonyl (C=O) groups is 1. The van der Waals surface area contributed by atoms with E-state index in [-0.39, 0.29) is 6.10 Å². The number of aryl methyl sites for hydroxylation is 1. The van der Waals surface area contributed by atoms with Crippen LogP contribution in [0.1, 0.15) is 41.5 Å². The van der Waals surface area contributed by atoms with Crippen LogP contribution < -0.4 is 15.5 Å². The molecule has 0 bridgehead atoms. The van der Waals surface area contributed by atoms with Crippen molar-refractivity contribution in [2.75, 3.05) is 70.2 Å². The Labute approximate surface area is 239 Å². The highest BCUT2D eigenvalue weighted by Gasteiger charge is 2.32. The second kappa shape index (κ2) is 14.0. The third-order valence-electron chi connectivity index (χ3n) is 7.11. The van der Waals surface area contributed by atoms with Crippen molar-refractivity contribution >= 4 is 29.3 Å². The van der Waals surface area contributed by atoms with E-state index in [1.54, 1.807) is 25.2 Å².